The molecule has 2 aliphatic heterocycles. The highest BCUT2D eigenvalue weighted by atomic mass is 31.2. The van der Waals surface area contributed by atoms with Gasteiger partial charge in [0.1, 0.15) is 0 Å². The fourth-order valence-electron chi connectivity index (χ4n) is 4.19. The second kappa shape index (κ2) is 11.8. The van der Waals surface area contributed by atoms with Crippen LogP contribution in [0.1, 0.15) is 54.9 Å². The van der Waals surface area contributed by atoms with Crippen molar-refractivity contribution in [1.29, 1.82) is 5.26 Å². The number of rotatable bonds is 11. The van der Waals surface area contributed by atoms with E-state index in [4.69, 9.17) is 28.2 Å². The van der Waals surface area contributed by atoms with Crippen LogP contribution in [0.4, 0.5) is 0 Å². The third kappa shape index (κ3) is 7.15. The third-order valence-electron chi connectivity index (χ3n) is 7.88. The summed E-state index contributed by atoms with van der Waals surface area (Å²) < 4.78 is 31.3. The number of nitriles is 1. The molecule has 0 aliphatic carbocycles. The zero-order valence-electron chi connectivity index (χ0n) is 22.5. The Morgan fingerprint density at radius 3 is 2.18 bits per heavy atom. The van der Waals surface area contributed by atoms with Crippen molar-refractivity contribution in [2.75, 3.05) is 19.8 Å². The molecule has 2 heterocycles. The summed E-state index contributed by atoms with van der Waals surface area (Å²) in [5.41, 5.74) is 0. The number of nitrogens with zero attached hydrogens (tertiary/aromatic N) is 1. The van der Waals surface area contributed by atoms with Crippen molar-refractivity contribution in [2.24, 2.45) is 11.8 Å². The van der Waals surface area contributed by atoms with Crippen LogP contribution < -0.4 is 5.09 Å². The van der Waals surface area contributed by atoms with Gasteiger partial charge in [-0.1, -0.05) is 34.6 Å². The summed E-state index contributed by atoms with van der Waals surface area (Å²) in [4.78, 5) is 0. The Balaban J connectivity index is 2.23. The number of aliphatic hydroxyl groups excluding tert-OH is 1. The Bertz CT molecular complexity index is 755. The Labute approximate surface area is 208 Å². The average Bonchev–Trinajstić information content (AvgIpc) is 3.16. The molecule has 8 nitrogen and oxygen atoms in total. The van der Waals surface area contributed by atoms with E-state index in [9.17, 15) is 5.11 Å². The molecule has 0 bridgehead atoms. The fourth-order valence-corrected chi connectivity index (χ4v) is 7.33. The summed E-state index contributed by atoms with van der Waals surface area (Å²) in [6.45, 7) is 19.8. The van der Waals surface area contributed by atoms with Gasteiger partial charge in [0, 0.05) is 0 Å². The SMILES string of the molecule is C=P(N[C@@H]1C(O[Si](C)(C)C(C)(C)C)[C@H](C)O[C@@H]1CO)(OCCC#N)OC[C@H]1O[C@@H](C)C(C)[C@H]1C. The van der Waals surface area contributed by atoms with Crippen molar-refractivity contribution in [2.45, 2.75) is 110 Å². The van der Waals surface area contributed by atoms with Crippen molar-refractivity contribution in [3.63, 3.8) is 0 Å². The molecule has 0 radical (unpaired) electrons. The summed E-state index contributed by atoms with van der Waals surface area (Å²) >= 11 is 0. The molecule has 2 aliphatic rings. The Morgan fingerprint density at radius 1 is 1.06 bits per heavy atom. The molecule has 2 saturated heterocycles. The van der Waals surface area contributed by atoms with Gasteiger partial charge in [0.2, 0.25) is 0 Å². The van der Waals surface area contributed by atoms with E-state index in [1.807, 2.05) is 6.92 Å². The van der Waals surface area contributed by atoms with Crippen LogP contribution in [-0.4, -0.2) is 76.1 Å². The van der Waals surface area contributed by atoms with Gasteiger partial charge in [0.25, 0.3) is 0 Å². The van der Waals surface area contributed by atoms with E-state index in [0.29, 0.717) is 18.4 Å². The lowest BCUT2D eigenvalue weighted by molar-refractivity contribution is 0.000640. The van der Waals surface area contributed by atoms with E-state index < -0.39 is 21.9 Å². The molecule has 2 fully saturated rings. The van der Waals surface area contributed by atoms with Gasteiger partial charge >= 0.3 is 0 Å². The van der Waals surface area contributed by atoms with Crippen LogP contribution in [0.5, 0.6) is 0 Å². The third-order valence-corrected chi connectivity index (χ3v) is 14.2. The predicted octanol–water partition coefficient (Wildman–Crippen LogP) is 4.32. The van der Waals surface area contributed by atoms with Crippen molar-refractivity contribution in [3.8, 4) is 6.07 Å². The number of hydrogen-bond donors (Lipinski definition) is 2. The summed E-state index contributed by atoms with van der Waals surface area (Å²) in [7, 11) is -5.00. The lowest BCUT2D eigenvalue weighted by atomic mass is 9.91. The molecule has 0 spiro atoms. The fraction of sp³-hybridized carbons (Fsp3) is 0.917. The molecule has 0 amide bonds. The number of hydrogen-bond acceptors (Lipinski definition) is 8. The zero-order chi connectivity index (χ0) is 25.9. The molecule has 3 unspecified atom stereocenters. The van der Waals surface area contributed by atoms with Crippen molar-refractivity contribution in [3.05, 3.63) is 0 Å². The maximum atomic E-state index is 10.1. The molecular formula is C24H47N2O6PSi. The monoisotopic (exact) mass is 518 g/mol. The maximum Gasteiger partial charge on any atom is 0.192 e. The minimum absolute atomic E-state index is 0.0222. The molecule has 198 valence electrons. The highest BCUT2D eigenvalue weighted by molar-refractivity contribution is 7.62. The molecule has 9 atom stereocenters. The van der Waals surface area contributed by atoms with E-state index in [-0.39, 0.29) is 55.1 Å². The number of nitrogens with one attached hydrogen (secondary N) is 1. The zero-order valence-corrected chi connectivity index (χ0v) is 24.4. The molecule has 0 aromatic heterocycles. The molecule has 10 heteroatoms. The average molecular weight is 519 g/mol. The Kier molecular flexibility index (Phi) is 10.4. The second-order valence-corrected chi connectivity index (χ2v) is 18.2. The van der Waals surface area contributed by atoms with Gasteiger partial charge in [-0.3, -0.25) is 0 Å². The molecule has 2 rings (SSSR count). The van der Waals surface area contributed by atoms with Crippen molar-refractivity contribution >= 4 is 22.1 Å². The van der Waals surface area contributed by atoms with Crippen LogP contribution in [0.2, 0.25) is 18.1 Å². The second-order valence-electron chi connectivity index (χ2n) is 11.4. The van der Waals surface area contributed by atoms with Crippen LogP contribution in [0, 0.1) is 23.2 Å². The summed E-state index contributed by atoms with van der Waals surface area (Å²) in [6, 6.07) is 1.75. The minimum atomic E-state index is -2.87. The summed E-state index contributed by atoms with van der Waals surface area (Å²) in [6.07, 6.45) is 3.68. The first-order valence-corrected chi connectivity index (χ1v) is 17.1. The topological polar surface area (TPSA) is 102 Å². The van der Waals surface area contributed by atoms with Gasteiger partial charge < -0.3 is 28.1 Å². The first kappa shape index (κ1) is 30.0. The first-order valence-electron chi connectivity index (χ1n) is 12.4. The van der Waals surface area contributed by atoms with Crippen molar-refractivity contribution in [1.82, 2.24) is 5.09 Å². The molecule has 2 N–H and O–H groups in total. The van der Waals surface area contributed by atoms with Gasteiger partial charge in [-0.2, -0.15) is 5.26 Å². The lowest BCUT2D eigenvalue weighted by Crippen LogP contribution is -2.53. The van der Waals surface area contributed by atoms with Crippen LogP contribution in [0.3, 0.4) is 0 Å². The van der Waals surface area contributed by atoms with E-state index >= 15 is 0 Å². The highest BCUT2D eigenvalue weighted by Crippen LogP contribution is 2.48. The van der Waals surface area contributed by atoms with Crippen LogP contribution in [-0.2, 0) is 22.9 Å². The van der Waals surface area contributed by atoms with Gasteiger partial charge in [-0.25, -0.2) is 5.09 Å². The molecule has 0 aromatic carbocycles. The first-order chi connectivity index (χ1) is 15.7. The van der Waals surface area contributed by atoms with E-state index in [0.717, 1.165) is 0 Å². The van der Waals surface area contributed by atoms with Gasteiger partial charge in [-0.05, 0) is 50.1 Å². The molecular weight excluding hydrogens is 471 g/mol. The molecule has 0 aromatic rings. The van der Waals surface area contributed by atoms with Crippen LogP contribution in [0.15, 0.2) is 0 Å². The smallest absolute Gasteiger partial charge is 0.192 e. The molecule has 34 heavy (non-hydrogen) atoms. The highest BCUT2D eigenvalue weighted by Gasteiger charge is 2.50. The van der Waals surface area contributed by atoms with Crippen molar-refractivity contribution < 1.29 is 28.1 Å². The van der Waals surface area contributed by atoms with Crippen LogP contribution in [0.25, 0.3) is 0 Å². The normalized spacial score (nSPS) is 36.4. The Morgan fingerprint density at radius 2 is 1.68 bits per heavy atom. The predicted molar refractivity (Wildman–Crippen MR) is 139 cm³/mol. The van der Waals surface area contributed by atoms with E-state index in [1.165, 1.54) is 0 Å². The lowest BCUT2D eigenvalue weighted by Gasteiger charge is -2.41. The quantitative estimate of drug-likeness (QED) is 0.237. The summed E-state index contributed by atoms with van der Waals surface area (Å²) in [5, 5.41) is 22.6. The maximum absolute atomic E-state index is 10.1. The summed E-state index contributed by atoms with van der Waals surface area (Å²) in [5.74, 6) is 0.779. The number of ether oxygens (including phenoxy) is 2. The van der Waals surface area contributed by atoms with E-state index in [2.05, 4.69) is 72.1 Å². The van der Waals surface area contributed by atoms with Gasteiger partial charge in [-0.15, -0.1) is 0 Å². The standard InChI is InChI=1S/C24H47N2O6PSi/c1-16-17(2)21(30-18(16)3)15-29-33(8,28-13-11-12-25)26-22-20(14-27)31-19(4)23(22)32-34(9,10)24(5,6)7/h16-23,26-27H,8,11,13-15H2,1-7,9-10H3/t16?,17-,18+,19+,20-,21-,22+,23?,33?/m1/s1. The van der Waals surface area contributed by atoms with E-state index in [1.54, 1.807) is 0 Å². The number of aliphatic hydroxyl groups is 1. The largest absolute Gasteiger partial charge is 0.410 e. The van der Waals surface area contributed by atoms with Gasteiger partial charge in [0.15, 0.2) is 15.8 Å². The Hall–Kier alpha value is -0.273. The van der Waals surface area contributed by atoms with Gasteiger partial charge in [0.05, 0.1) is 68.9 Å². The molecule has 0 saturated carbocycles. The van der Waals surface area contributed by atoms with Crippen LogP contribution >= 0.6 is 7.49 Å². The minimum Gasteiger partial charge on any atom is -0.410 e.